The first-order valence-corrected chi connectivity index (χ1v) is 6.48. The number of rotatable bonds is 6. The van der Waals surface area contributed by atoms with Crippen LogP contribution in [-0.4, -0.2) is 24.7 Å². The highest BCUT2D eigenvalue weighted by atomic mass is 16.5. The third-order valence-electron chi connectivity index (χ3n) is 3.23. The Kier molecular flexibility index (Phi) is 5.43. The molecule has 1 heterocycles. The first kappa shape index (κ1) is 14.0. The SMILES string of the molecule is CCCC(C#N)(CCC)NC(=O)C1CCOC1. The van der Waals surface area contributed by atoms with Crippen molar-refractivity contribution in [1.29, 1.82) is 5.26 Å². The average Bonchev–Trinajstić information content (AvgIpc) is 2.83. The summed E-state index contributed by atoms with van der Waals surface area (Å²) in [5, 5.41) is 12.3. The van der Waals surface area contributed by atoms with Crippen molar-refractivity contribution in [2.45, 2.75) is 51.5 Å². The van der Waals surface area contributed by atoms with Crippen LogP contribution in [-0.2, 0) is 9.53 Å². The standard InChI is InChI=1S/C13H22N2O2/c1-3-6-13(10-14,7-4-2)15-12(16)11-5-8-17-9-11/h11H,3-9H2,1-2H3,(H,15,16). The summed E-state index contributed by atoms with van der Waals surface area (Å²) in [7, 11) is 0. The Bertz CT molecular complexity index is 284. The number of carbonyl (C=O) groups excluding carboxylic acids is 1. The van der Waals surface area contributed by atoms with Gasteiger partial charge in [-0.2, -0.15) is 5.26 Å². The summed E-state index contributed by atoms with van der Waals surface area (Å²) in [5.74, 6) is -0.0950. The number of nitrogens with one attached hydrogen (secondary N) is 1. The maximum absolute atomic E-state index is 12.0. The molecule has 1 rings (SSSR count). The van der Waals surface area contributed by atoms with Gasteiger partial charge in [0.25, 0.3) is 0 Å². The van der Waals surface area contributed by atoms with Crippen molar-refractivity contribution in [1.82, 2.24) is 5.32 Å². The van der Waals surface area contributed by atoms with Gasteiger partial charge in [0.05, 0.1) is 18.6 Å². The summed E-state index contributed by atoms with van der Waals surface area (Å²) in [5.41, 5.74) is -0.677. The molecule has 1 aliphatic heterocycles. The van der Waals surface area contributed by atoms with Gasteiger partial charge in [-0.1, -0.05) is 26.7 Å². The largest absolute Gasteiger partial charge is 0.381 e. The Hall–Kier alpha value is -1.08. The number of ether oxygens (including phenoxy) is 1. The van der Waals surface area contributed by atoms with Gasteiger partial charge in [0, 0.05) is 6.61 Å². The van der Waals surface area contributed by atoms with Gasteiger partial charge < -0.3 is 10.1 Å². The van der Waals surface area contributed by atoms with Crippen molar-refractivity contribution in [2.75, 3.05) is 13.2 Å². The highest BCUT2D eigenvalue weighted by molar-refractivity contribution is 5.80. The maximum atomic E-state index is 12.0. The number of nitriles is 1. The number of nitrogens with zero attached hydrogens (tertiary/aromatic N) is 1. The van der Waals surface area contributed by atoms with Gasteiger partial charge in [-0.05, 0) is 19.3 Å². The molecule has 0 aromatic rings. The summed E-state index contributed by atoms with van der Waals surface area (Å²) >= 11 is 0. The fourth-order valence-electron chi connectivity index (χ4n) is 2.32. The molecular formula is C13H22N2O2. The molecule has 4 nitrogen and oxygen atoms in total. The van der Waals surface area contributed by atoms with Crippen LogP contribution in [0.4, 0.5) is 0 Å². The van der Waals surface area contributed by atoms with Crippen molar-refractivity contribution < 1.29 is 9.53 Å². The van der Waals surface area contributed by atoms with E-state index in [4.69, 9.17) is 4.74 Å². The molecule has 1 aliphatic rings. The van der Waals surface area contributed by atoms with Gasteiger partial charge in [-0.25, -0.2) is 0 Å². The Morgan fingerprint density at radius 3 is 2.53 bits per heavy atom. The molecule has 0 aliphatic carbocycles. The molecule has 1 fully saturated rings. The van der Waals surface area contributed by atoms with Crippen molar-refractivity contribution in [3.63, 3.8) is 0 Å². The highest BCUT2D eigenvalue weighted by Gasteiger charge is 2.33. The highest BCUT2D eigenvalue weighted by Crippen LogP contribution is 2.21. The smallest absolute Gasteiger partial charge is 0.226 e. The lowest BCUT2D eigenvalue weighted by Gasteiger charge is -2.28. The van der Waals surface area contributed by atoms with Crippen molar-refractivity contribution in [3.8, 4) is 6.07 Å². The van der Waals surface area contributed by atoms with E-state index in [9.17, 15) is 10.1 Å². The Morgan fingerprint density at radius 2 is 2.12 bits per heavy atom. The topological polar surface area (TPSA) is 62.1 Å². The molecule has 1 saturated heterocycles. The Balaban J connectivity index is 2.64. The molecule has 0 radical (unpaired) electrons. The predicted octanol–water partition coefficient (Wildman–Crippen LogP) is 2.00. The van der Waals surface area contributed by atoms with Crippen LogP contribution in [0.3, 0.4) is 0 Å². The van der Waals surface area contributed by atoms with Gasteiger partial charge in [-0.15, -0.1) is 0 Å². The molecule has 0 aromatic carbocycles. The lowest BCUT2D eigenvalue weighted by molar-refractivity contribution is -0.126. The minimum atomic E-state index is -0.677. The molecule has 4 heteroatoms. The van der Waals surface area contributed by atoms with Crippen LogP contribution in [0.2, 0.25) is 0 Å². The molecule has 0 aromatic heterocycles. The molecule has 96 valence electrons. The van der Waals surface area contributed by atoms with Crippen LogP contribution < -0.4 is 5.32 Å². The van der Waals surface area contributed by atoms with Crippen LogP contribution in [0.5, 0.6) is 0 Å². The fraction of sp³-hybridized carbons (Fsp3) is 0.846. The van der Waals surface area contributed by atoms with Crippen LogP contribution in [0, 0.1) is 17.2 Å². The zero-order chi connectivity index (χ0) is 12.7. The second kappa shape index (κ2) is 6.61. The number of amides is 1. The third-order valence-corrected chi connectivity index (χ3v) is 3.23. The molecule has 0 bridgehead atoms. The summed E-state index contributed by atoms with van der Waals surface area (Å²) in [4.78, 5) is 12.0. The van der Waals surface area contributed by atoms with Crippen LogP contribution in [0.25, 0.3) is 0 Å². The van der Waals surface area contributed by atoms with Gasteiger partial charge in [-0.3, -0.25) is 4.79 Å². The van der Waals surface area contributed by atoms with Crippen molar-refractivity contribution in [2.24, 2.45) is 5.92 Å². The van der Waals surface area contributed by atoms with Crippen LogP contribution in [0.1, 0.15) is 46.0 Å². The minimum Gasteiger partial charge on any atom is -0.381 e. The van der Waals surface area contributed by atoms with Gasteiger partial charge in [0.15, 0.2) is 0 Å². The second-order valence-corrected chi connectivity index (χ2v) is 4.74. The summed E-state index contributed by atoms with van der Waals surface area (Å²) < 4.78 is 5.20. The molecule has 0 saturated carbocycles. The zero-order valence-electron chi connectivity index (χ0n) is 10.8. The second-order valence-electron chi connectivity index (χ2n) is 4.74. The number of hydrogen-bond donors (Lipinski definition) is 1. The van der Waals surface area contributed by atoms with E-state index in [0.717, 1.165) is 32.1 Å². The van der Waals surface area contributed by atoms with Gasteiger partial charge in [0.2, 0.25) is 5.91 Å². The fourth-order valence-corrected chi connectivity index (χ4v) is 2.32. The van der Waals surface area contributed by atoms with E-state index >= 15 is 0 Å². The molecule has 1 amide bonds. The molecular weight excluding hydrogens is 216 g/mol. The lowest BCUT2D eigenvalue weighted by atomic mass is 9.89. The Morgan fingerprint density at radius 1 is 1.47 bits per heavy atom. The minimum absolute atomic E-state index is 0.0223. The van der Waals surface area contributed by atoms with Gasteiger partial charge in [0.1, 0.15) is 5.54 Å². The summed E-state index contributed by atoms with van der Waals surface area (Å²) in [6, 6.07) is 2.30. The van der Waals surface area contributed by atoms with E-state index in [-0.39, 0.29) is 11.8 Å². The van der Waals surface area contributed by atoms with Crippen LogP contribution in [0.15, 0.2) is 0 Å². The van der Waals surface area contributed by atoms with E-state index in [2.05, 4.69) is 11.4 Å². The van der Waals surface area contributed by atoms with Crippen molar-refractivity contribution >= 4 is 5.91 Å². The number of hydrogen-bond acceptors (Lipinski definition) is 3. The maximum Gasteiger partial charge on any atom is 0.226 e. The summed E-state index contributed by atoms with van der Waals surface area (Å²) in [6.45, 7) is 5.21. The van der Waals surface area contributed by atoms with E-state index < -0.39 is 5.54 Å². The third kappa shape index (κ3) is 3.71. The Labute approximate surface area is 103 Å². The normalized spacial score (nSPS) is 19.9. The monoisotopic (exact) mass is 238 g/mol. The molecule has 0 spiro atoms. The molecule has 1 unspecified atom stereocenters. The first-order chi connectivity index (χ1) is 8.17. The number of carbonyl (C=O) groups is 1. The molecule has 17 heavy (non-hydrogen) atoms. The van der Waals surface area contributed by atoms with E-state index in [0.29, 0.717) is 13.2 Å². The lowest BCUT2D eigenvalue weighted by Crippen LogP contribution is -2.49. The predicted molar refractivity (Wildman–Crippen MR) is 65.2 cm³/mol. The van der Waals surface area contributed by atoms with Gasteiger partial charge >= 0.3 is 0 Å². The van der Waals surface area contributed by atoms with E-state index in [1.807, 2.05) is 13.8 Å². The van der Waals surface area contributed by atoms with E-state index in [1.54, 1.807) is 0 Å². The molecule has 1 N–H and O–H groups in total. The summed E-state index contributed by atoms with van der Waals surface area (Å²) in [6.07, 6.45) is 4.00. The van der Waals surface area contributed by atoms with Crippen LogP contribution >= 0.6 is 0 Å². The zero-order valence-corrected chi connectivity index (χ0v) is 10.8. The first-order valence-electron chi connectivity index (χ1n) is 6.48. The molecule has 1 atom stereocenters. The quantitative estimate of drug-likeness (QED) is 0.770. The van der Waals surface area contributed by atoms with E-state index in [1.165, 1.54) is 0 Å². The van der Waals surface area contributed by atoms with Crippen molar-refractivity contribution in [3.05, 3.63) is 0 Å². The average molecular weight is 238 g/mol.